The molecular weight excluding hydrogens is 653 g/mol. The van der Waals surface area contributed by atoms with Gasteiger partial charge in [-0.3, -0.25) is 18.6 Å². The van der Waals surface area contributed by atoms with Crippen LogP contribution in [0.25, 0.3) is 0 Å². The first-order chi connectivity index (χ1) is 24.0. The largest absolute Gasteiger partial charge is 0.472 e. The van der Waals surface area contributed by atoms with E-state index in [-0.39, 0.29) is 32.0 Å². The van der Waals surface area contributed by atoms with E-state index >= 15 is 0 Å². The number of ether oxygens (including phenoxy) is 2. The van der Waals surface area contributed by atoms with Crippen molar-refractivity contribution in [3.05, 3.63) is 60.8 Å². The molecule has 10 heteroatoms. The lowest BCUT2D eigenvalue weighted by atomic mass is 10.1. The highest BCUT2D eigenvalue weighted by molar-refractivity contribution is 7.47. The highest BCUT2D eigenvalue weighted by Gasteiger charge is 2.27. The Kier molecular flexibility index (Phi) is 31.1. The summed E-state index contributed by atoms with van der Waals surface area (Å²) in [5.41, 5.74) is 0. The summed E-state index contributed by atoms with van der Waals surface area (Å²) in [6, 6.07) is 0. The molecule has 0 aliphatic heterocycles. The molecule has 0 aliphatic rings. The van der Waals surface area contributed by atoms with Gasteiger partial charge in [-0.25, -0.2) is 4.57 Å². The van der Waals surface area contributed by atoms with Crippen LogP contribution in [-0.4, -0.2) is 74.9 Å². The Morgan fingerprint density at radius 1 is 0.640 bits per heavy atom. The van der Waals surface area contributed by atoms with Crippen LogP contribution in [0, 0.1) is 0 Å². The van der Waals surface area contributed by atoms with Crippen molar-refractivity contribution < 1.29 is 42.1 Å². The van der Waals surface area contributed by atoms with Crippen molar-refractivity contribution in [1.82, 2.24) is 0 Å². The van der Waals surface area contributed by atoms with Crippen molar-refractivity contribution in [3.63, 3.8) is 0 Å². The van der Waals surface area contributed by atoms with E-state index in [0.29, 0.717) is 17.4 Å². The molecule has 9 nitrogen and oxygen atoms in total. The topological polar surface area (TPSA) is 108 Å². The van der Waals surface area contributed by atoms with Gasteiger partial charge in [0.15, 0.2) is 6.10 Å². The number of rotatable bonds is 33. The number of allylic oxidation sites excluding steroid dienone is 10. The van der Waals surface area contributed by atoms with Gasteiger partial charge in [0.05, 0.1) is 27.7 Å². The van der Waals surface area contributed by atoms with Crippen LogP contribution in [0.2, 0.25) is 0 Å². The highest BCUT2D eigenvalue weighted by Crippen LogP contribution is 2.43. The number of likely N-dealkylation sites (N-methyl/N-ethyl adjacent to an activating group) is 1. The van der Waals surface area contributed by atoms with Gasteiger partial charge in [-0.2, -0.15) is 0 Å². The Morgan fingerprint density at radius 2 is 1.14 bits per heavy atom. The Morgan fingerprint density at radius 3 is 1.70 bits per heavy atom. The third kappa shape index (κ3) is 35.5. The standard InChI is InChI=1S/C40H70NO8P/c1-6-8-10-12-14-15-16-17-18-19-20-21-22-23-24-25-27-29-31-33-40(43)49-38(37-48-50(44,45)47-35-34-41(3,4)5)36-46-39(42)32-30-28-26-13-11-9-7-2/h8,10,14-15,17-18,20-21,23-24,38H,6-7,9,11-13,16,19,22,25-37H2,1-5H3/p+1/b10-8-,15-14-,18-17-,21-20-,24-23-. The molecule has 0 saturated carbocycles. The number of phosphoric acid groups is 1. The zero-order valence-corrected chi connectivity index (χ0v) is 33.0. The second kappa shape index (κ2) is 32.6. The van der Waals surface area contributed by atoms with Crippen LogP contribution in [-0.2, 0) is 32.7 Å². The Bertz CT molecular complexity index is 1040. The first-order valence-electron chi connectivity index (χ1n) is 19.0. The molecule has 0 aromatic heterocycles. The highest BCUT2D eigenvalue weighted by atomic mass is 31.2. The number of quaternary nitrogens is 1. The van der Waals surface area contributed by atoms with Crippen LogP contribution >= 0.6 is 7.82 Å². The second-order valence-corrected chi connectivity index (χ2v) is 15.0. The third-order valence-corrected chi connectivity index (χ3v) is 8.55. The number of unbranched alkanes of at least 4 members (excludes halogenated alkanes) is 9. The average molecular weight is 725 g/mol. The normalized spacial score (nSPS) is 14.4. The molecule has 288 valence electrons. The summed E-state index contributed by atoms with van der Waals surface area (Å²) in [4.78, 5) is 35.0. The maximum Gasteiger partial charge on any atom is 0.472 e. The van der Waals surface area contributed by atoms with E-state index in [9.17, 15) is 19.0 Å². The number of hydrogen-bond donors (Lipinski definition) is 1. The summed E-state index contributed by atoms with van der Waals surface area (Å²) in [6.07, 6.45) is 37.2. The lowest BCUT2D eigenvalue weighted by molar-refractivity contribution is -0.870. The van der Waals surface area contributed by atoms with Crippen LogP contribution < -0.4 is 0 Å². The molecule has 0 radical (unpaired) electrons. The quantitative estimate of drug-likeness (QED) is 0.0234. The van der Waals surface area contributed by atoms with Gasteiger partial charge in [-0.1, -0.05) is 120 Å². The van der Waals surface area contributed by atoms with Gasteiger partial charge >= 0.3 is 19.8 Å². The molecule has 2 unspecified atom stereocenters. The number of carbonyl (C=O) groups is 2. The molecule has 0 rings (SSSR count). The van der Waals surface area contributed by atoms with Gasteiger partial charge in [0.1, 0.15) is 19.8 Å². The van der Waals surface area contributed by atoms with Crippen molar-refractivity contribution in [2.24, 2.45) is 0 Å². The Labute approximate surface area is 305 Å². The molecule has 0 aromatic carbocycles. The molecular formula is C40H71NO8P+. The second-order valence-electron chi connectivity index (χ2n) is 13.6. The van der Waals surface area contributed by atoms with Crippen molar-refractivity contribution in [2.75, 3.05) is 47.5 Å². The van der Waals surface area contributed by atoms with Crippen LogP contribution in [0.15, 0.2) is 60.8 Å². The zero-order chi connectivity index (χ0) is 37.2. The van der Waals surface area contributed by atoms with Gasteiger partial charge in [-0.15, -0.1) is 0 Å². The SMILES string of the molecule is CC/C=C\C/C=C\C/C=C\C/C=C\C/C=C\CCCCCC(=O)OC(COC(=O)CCCCCCCCC)COP(=O)(O)OCC[N+](C)(C)C. The number of carbonyl (C=O) groups excluding carboxylic acids is 2. The van der Waals surface area contributed by atoms with E-state index in [1.807, 2.05) is 21.1 Å². The number of esters is 2. The van der Waals surface area contributed by atoms with Gasteiger partial charge < -0.3 is 18.9 Å². The first kappa shape index (κ1) is 47.7. The Hall–Kier alpha value is -2.29. The lowest BCUT2D eigenvalue weighted by Gasteiger charge is -2.24. The minimum absolute atomic E-state index is 0.0226. The van der Waals surface area contributed by atoms with Crippen molar-refractivity contribution in [3.8, 4) is 0 Å². The van der Waals surface area contributed by atoms with Crippen molar-refractivity contribution in [2.45, 2.75) is 136 Å². The molecule has 0 saturated heterocycles. The molecule has 1 N–H and O–H groups in total. The fourth-order valence-corrected chi connectivity index (χ4v) is 5.31. The average Bonchev–Trinajstić information content (AvgIpc) is 3.06. The summed E-state index contributed by atoms with van der Waals surface area (Å²) in [6.45, 7) is 4.18. The number of phosphoric ester groups is 1. The molecule has 0 aliphatic carbocycles. The monoisotopic (exact) mass is 724 g/mol. The maximum absolute atomic E-state index is 12.6. The van der Waals surface area contributed by atoms with Crippen LogP contribution in [0.4, 0.5) is 0 Å². The lowest BCUT2D eigenvalue weighted by Crippen LogP contribution is -2.37. The molecule has 50 heavy (non-hydrogen) atoms. The number of hydrogen-bond acceptors (Lipinski definition) is 7. The van der Waals surface area contributed by atoms with Crippen molar-refractivity contribution >= 4 is 19.8 Å². The van der Waals surface area contributed by atoms with E-state index < -0.39 is 26.5 Å². The van der Waals surface area contributed by atoms with Gasteiger partial charge in [-0.05, 0) is 57.8 Å². The van der Waals surface area contributed by atoms with Gasteiger partial charge in [0.2, 0.25) is 0 Å². The van der Waals surface area contributed by atoms with E-state index in [4.69, 9.17) is 18.5 Å². The summed E-state index contributed by atoms with van der Waals surface area (Å²) in [7, 11) is 1.44. The molecule has 0 fully saturated rings. The molecule has 0 aromatic rings. The minimum Gasteiger partial charge on any atom is -0.462 e. The number of nitrogens with zero attached hydrogens (tertiary/aromatic N) is 1. The predicted octanol–water partition coefficient (Wildman–Crippen LogP) is 10.1. The van der Waals surface area contributed by atoms with E-state index in [1.54, 1.807) is 0 Å². The van der Waals surface area contributed by atoms with Crippen molar-refractivity contribution in [1.29, 1.82) is 0 Å². The first-order valence-corrected chi connectivity index (χ1v) is 20.5. The van der Waals surface area contributed by atoms with Gasteiger partial charge in [0, 0.05) is 12.8 Å². The molecule has 0 heterocycles. The predicted molar refractivity (Wildman–Crippen MR) is 206 cm³/mol. The summed E-state index contributed by atoms with van der Waals surface area (Å²) in [5, 5.41) is 0. The smallest absolute Gasteiger partial charge is 0.462 e. The third-order valence-electron chi connectivity index (χ3n) is 7.56. The molecule has 0 amide bonds. The van der Waals surface area contributed by atoms with Crippen LogP contribution in [0.3, 0.4) is 0 Å². The minimum atomic E-state index is -4.37. The summed E-state index contributed by atoms with van der Waals surface area (Å²) >= 11 is 0. The van der Waals surface area contributed by atoms with E-state index in [0.717, 1.165) is 70.6 Å². The van der Waals surface area contributed by atoms with Gasteiger partial charge in [0.25, 0.3) is 0 Å². The summed E-state index contributed by atoms with van der Waals surface area (Å²) < 4.78 is 34.0. The molecule has 0 bridgehead atoms. The fraction of sp³-hybridized carbons (Fsp3) is 0.700. The zero-order valence-electron chi connectivity index (χ0n) is 32.1. The Balaban J connectivity index is 4.45. The molecule has 2 atom stereocenters. The molecule has 0 spiro atoms. The summed E-state index contributed by atoms with van der Waals surface area (Å²) in [5.74, 6) is -0.851. The fourth-order valence-electron chi connectivity index (χ4n) is 4.57. The van der Waals surface area contributed by atoms with Crippen LogP contribution in [0.1, 0.15) is 129 Å². The maximum atomic E-state index is 12.6. The van der Waals surface area contributed by atoms with E-state index in [2.05, 4.69) is 74.6 Å². The van der Waals surface area contributed by atoms with E-state index in [1.165, 1.54) is 25.7 Å². The van der Waals surface area contributed by atoms with Crippen LogP contribution in [0.5, 0.6) is 0 Å².